The standard InChI is InChI=1S/C27H42O6/c1-15(20(28)8-9-24(2,3)32)16-7-11-27(33)18-12-21(29)19-13-22(30)23(31)14-25(19,4)17(18)6-10-26(16,27)5/h12,15-17,19-20,23,28,31-33H,6-11,13-14H2,1-5H3/t15-,16?,17-,19-,20?,23-,25+,26+,27?/m0/s1. The lowest BCUT2D eigenvalue weighted by atomic mass is 9.46. The molecule has 0 aromatic heterocycles. The number of allylic oxidation sites excluding steroid dienone is 1. The molecule has 186 valence electrons. The zero-order valence-corrected chi connectivity index (χ0v) is 20.8. The highest BCUT2D eigenvalue weighted by Crippen LogP contribution is 2.68. The van der Waals surface area contributed by atoms with E-state index in [2.05, 4.69) is 6.92 Å². The summed E-state index contributed by atoms with van der Waals surface area (Å²) in [7, 11) is 0. The van der Waals surface area contributed by atoms with Crippen molar-refractivity contribution in [3.8, 4) is 0 Å². The van der Waals surface area contributed by atoms with Gasteiger partial charge < -0.3 is 20.4 Å². The third-order valence-electron chi connectivity index (χ3n) is 10.3. The Kier molecular flexibility index (Phi) is 6.05. The van der Waals surface area contributed by atoms with Crippen LogP contribution in [0.4, 0.5) is 0 Å². The highest BCUT2D eigenvalue weighted by Gasteiger charge is 2.67. The Morgan fingerprint density at radius 1 is 1.15 bits per heavy atom. The Balaban J connectivity index is 1.63. The molecule has 0 bridgehead atoms. The lowest BCUT2D eigenvalue weighted by Gasteiger charge is -2.59. The third kappa shape index (κ3) is 3.76. The summed E-state index contributed by atoms with van der Waals surface area (Å²) in [6.07, 6.45) is 4.30. The fourth-order valence-electron chi connectivity index (χ4n) is 8.12. The van der Waals surface area contributed by atoms with Crippen molar-refractivity contribution in [3.63, 3.8) is 0 Å². The Bertz CT molecular complexity index is 857. The maximum Gasteiger partial charge on any atom is 0.162 e. The first-order chi connectivity index (χ1) is 15.1. The molecule has 6 heteroatoms. The molecule has 3 saturated carbocycles. The predicted molar refractivity (Wildman–Crippen MR) is 124 cm³/mol. The van der Waals surface area contributed by atoms with Crippen molar-refractivity contribution in [1.82, 2.24) is 0 Å². The van der Waals surface area contributed by atoms with Gasteiger partial charge in [0, 0.05) is 17.8 Å². The molecule has 4 aliphatic carbocycles. The molecule has 6 nitrogen and oxygen atoms in total. The van der Waals surface area contributed by atoms with Gasteiger partial charge in [-0.1, -0.05) is 20.8 Å². The normalized spacial score (nSPS) is 45.1. The van der Waals surface area contributed by atoms with Crippen molar-refractivity contribution in [1.29, 1.82) is 0 Å². The van der Waals surface area contributed by atoms with Crippen LogP contribution in [0, 0.1) is 34.5 Å². The van der Waals surface area contributed by atoms with Crippen molar-refractivity contribution in [3.05, 3.63) is 11.6 Å². The summed E-state index contributed by atoms with van der Waals surface area (Å²) in [6.45, 7) is 9.67. The van der Waals surface area contributed by atoms with Gasteiger partial charge in [0.2, 0.25) is 0 Å². The molecular formula is C27H42O6. The van der Waals surface area contributed by atoms with E-state index >= 15 is 0 Å². The van der Waals surface area contributed by atoms with E-state index in [1.807, 2.05) is 13.8 Å². The average Bonchev–Trinajstić information content (AvgIpc) is 2.99. The fraction of sp³-hybridized carbons (Fsp3) is 0.852. The van der Waals surface area contributed by atoms with E-state index < -0.39 is 40.2 Å². The summed E-state index contributed by atoms with van der Waals surface area (Å²) in [4.78, 5) is 25.4. The predicted octanol–water partition coefficient (Wildman–Crippen LogP) is 2.95. The van der Waals surface area contributed by atoms with Gasteiger partial charge in [0.05, 0.1) is 17.3 Å². The maximum atomic E-state index is 13.2. The second kappa shape index (κ2) is 7.97. The van der Waals surface area contributed by atoms with Crippen molar-refractivity contribution in [2.45, 2.75) is 109 Å². The van der Waals surface area contributed by atoms with Crippen LogP contribution in [0.1, 0.15) is 86.0 Å². The number of aliphatic hydroxyl groups is 4. The largest absolute Gasteiger partial charge is 0.393 e. The lowest BCUT2D eigenvalue weighted by Crippen LogP contribution is -2.60. The zero-order chi connectivity index (χ0) is 24.6. The van der Waals surface area contributed by atoms with Gasteiger partial charge in [0.25, 0.3) is 0 Å². The van der Waals surface area contributed by atoms with Crippen molar-refractivity contribution in [2.75, 3.05) is 0 Å². The van der Waals surface area contributed by atoms with E-state index in [1.165, 1.54) is 0 Å². The maximum absolute atomic E-state index is 13.2. The number of carbonyl (C=O) groups is 2. The Hall–Kier alpha value is -1.08. The van der Waals surface area contributed by atoms with Crippen molar-refractivity contribution in [2.24, 2.45) is 34.5 Å². The van der Waals surface area contributed by atoms with Crippen LogP contribution in [0.5, 0.6) is 0 Å². The minimum Gasteiger partial charge on any atom is -0.393 e. The van der Waals surface area contributed by atoms with Gasteiger partial charge in [0.1, 0.15) is 6.10 Å². The number of aliphatic hydroxyl groups excluding tert-OH is 2. The quantitative estimate of drug-likeness (QED) is 0.499. The van der Waals surface area contributed by atoms with Gasteiger partial charge in [-0.3, -0.25) is 9.59 Å². The van der Waals surface area contributed by atoms with Crippen LogP contribution in [-0.4, -0.2) is 55.4 Å². The number of hydrogen-bond acceptors (Lipinski definition) is 6. The van der Waals surface area contributed by atoms with Gasteiger partial charge in [-0.2, -0.15) is 0 Å². The van der Waals surface area contributed by atoms with Gasteiger partial charge in [-0.05, 0) is 93.6 Å². The smallest absolute Gasteiger partial charge is 0.162 e. The summed E-state index contributed by atoms with van der Waals surface area (Å²) in [5.41, 5.74) is -2.15. The molecule has 0 radical (unpaired) electrons. The average molecular weight is 463 g/mol. The Labute approximate surface area is 197 Å². The molecule has 3 fully saturated rings. The molecule has 0 aliphatic heterocycles. The summed E-state index contributed by atoms with van der Waals surface area (Å²) < 4.78 is 0. The second-order valence-electron chi connectivity index (χ2n) is 12.7. The molecule has 0 aromatic rings. The Morgan fingerprint density at radius 2 is 1.82 bits per heavy atom. The highest BCUT2D eigenvalue weighted by atomic mass is 16.3. The fourth-order valence-corrected chi connectivity index (χ4v) is 8.12. The summed E-state index contributed by atoms with van der Waals surface area (Å²) in [5.74, 6) is -0.745. The molecule has 0 aromatic carbocycles. The minimum atomic E-state index is -1.12. The Morgan fingerprint density at radius 3 is 2.45 bits per heavy atom. The number of fused-ring (bicyclic) bond motifs is 5. The van der Waals surface area contributed by atoms with Crippen LogP contribution in [-0.2, 0) is 9.59 Å². The molecule has 33 heavy (non-hydrogen) atoms. The summed E-state index contributed by atoms with van der Waals surface area (Å²) in [6, 6.07) is 0. The molecule has 9 atom stereocenters. The van der Waals surface area contributed by atoms with E-state index in [-0.39, 0.29) is 42.2 Å². The van der Waals surface area contributed by atoms with Crippen LogP contribution in [0.25, 0.3) is 0 Å². The van der Waals surface area contributed by atoms with Crippen LogP contribution in [0.3, 0.4) is 0 Å². The van der Waals surface area contributed by atoms with Crippen LogP contribution >= 0.6 is 0 Å². The van der Waals surface area contributed by atoms with Gasteiger partial charge in [-0.15, -0.1) is 0 Å². The first-order valence-corrected chi connectivity index (χ1v) is 12.7. The van der Waals surface area contributed by atoms with Gasteiger partial charge >= 0.3 is 0 Å². The minimum absolute atomic E-state index is 0.0322. The van der Waals surface area contributed by atoms with E-state index in [0.29, 0.717) is 19.3 Å². The second-order valence-corrected chi connectivity index (χ2v) is 12.7. The topological polar surface area (TPSA) is 115 Å². The lowest BCUT2D eigenvalue weighted by molar-refractivity contribution is -0.154. The van der Waals surface area contributed by atoms with E-state index in [4.69, 9.17) is 0 Å². The molecule has 4 rings (SSSR count). The number of Topliss-reactive ketones (excluding diaryl/α,β-unsaturated/α-hetero) is 1. The van der Waals surface area contributed by atoms with Gasteiger partial charge in [0.15, 0.2) is 11.6 Å². The summed E-state index contributed by atoms with van der Waals surface area (Å²) >= 11 is 0. The van der Waals surface area contributed by atoms with Crippen LogP contribution in [0.15, 0.2) is 11.6 Å². The number of hydrogen-bond donors (Lipinski definition) is 4. The van der Waals surface area contributed by atoms with Gasteiger partial charge in [-0.25, -0.2) is 0 Å². The third-order valence-corrected chi connectivity index (χ3v) is 10.3. The molecule has 3 unspecified atom stereocenters. The molecule has 0 heterocycles. The molecule has 0 saturated heterocycles. The molecule has 0 spiro atoms. The van der Waals surface area contributed by atoms with Crippen molar-refractivity contribution >= 4 is 11.6 Å². The SMILES string of the molecule is C[C@H](C(O)CCC(C)(C)O)C1CCC2(O)C3=CC(=O)[C@@H]4CC(=O)[C@@H](O)C[C@]4(C)[C@H]3CC[C@]12C. The summed E-state index contributed by atoms with van der Waals surface area (Å²) in [5, 5.41) is 43.6. The van der Waals surface area contributed by atoms with Crippen LogP contribution < -0.4 is 0 Å². The first-order valence-electron chi connectivity index (χ1n) is 12.7. The molecule has 0 amide bonds. The first kappa shape index (κ1) is 25.0. The van der Waals surface area contributed by atoms with E-state index in [0.717, 1.165) is 24.8 Å². The molecule has 4 aliphatic rings. The van der Waals surface area contributed by atoms with Crippen LogP contribution in [0.2, 0.25) is 0 Å². The molecule has 4 N–H and O–H groups in total. The van der Waals surface area contributed by atoms with E-state index in [1.54, 1.807) is 19.9 Å². The van der Waals surface area contributed by atoms with Crippen molar-refractivity contribution < 1.29 is 30.0 Å². The zero-order valence-electron chi connectivity index (χ0n) is 20.8. The highest BCUT2D eigenvalue weighted by molar-refractivity contribution is 5.99. The number of rotatable bonds is 5. The number of carbonyl (C=O) groups excluding carboxylic acids is 2. The monoisotopic (exact) mass is 462 g/mol. The molecular weight excluding hydrogens is 420 g/mol. The van der Waals surface area contributed by atoms with E-state index in [9.17, 15) is 30.0 Å². The number of ketones is 2.